The third-order valence-electron chi connectivity index (χ3n) is 2.61. The average Bonchev–Trinajstić information content (AvgIpc) is 2.56. The molecule has 1 amide bonds. The second-order valence-corrected chi connectivity index (χ2v) is 4.02. The first-order valence-electron chi connectivity index (χ1n) is 5.06. The van der Waals surface area contributed by atoms with Crippen LogP contribution in [0.5, 0.6) is 0 Å². The lowest BCUT2D eigenvalue weighted by Gasteiger charge is -2.18. The van der Waals surface area contributed by atoms with E-state index in [2.05, 4.69) is 10.0 Å². The van der Waals surface area contributed by atoms with Crippen LogP contribution in [0.3, 0.4) is 0 Å². The van der Waals surface area contributed by atoms with E-state index in [0.29, 0.717) is 19.5 Å². The van der Waals surface area contributed by atoms with Crippen molar-refractivity contribution >= 4 is 11.9 Å². The van der Waals surface area contributed by atoms with Gasteiger partial charge in [-0.3, -0.25) is 9.59 Å². The molecule has 88 valence electrons. The van der Waals surface area contributed by atoms with E-state index in [-0.39, 0.29) is 18.4 Å². The van der Waals surface area contributed by atoms with Gasteiger partial charge in [-0.05, 0) is 11.4 Å². The van der Waals surface area contributed by atoms with Crippen molar-refractivity contribution in [3.8, 4) is 0 Å². The number of azide groups is 1. The van der Waals surface area contributed by atoms with Crippen LogP contribution < -0.4 is 0 Å². The summed E-state index contributed by atoms with van der Waals surface area (Å²) in [5.74, 6) is -1.52. The van der Waals surface area contributed by atoms with E-state index in [0.717, 1.165) is 0 Å². The predicted molar refractivity (Wildman–Crippen MR) is 55.5 cm³/mol. The Morgan fingerprint density at radius 3 is 3.06 bits per heavy atom. The maximum absolute atomic E-state index is 11.5. The number of hydrogen-bond acceptors (Lipinski definition) is 3. The molecule has 0 aliphatic carbocycles. The molecule has 0 spiro atoms. The molecule has 0 radical (unpaired) electrons. The van der Waals surface area contributed by atoms with E-state index in [1.54, 1.807) is 6.92 Å². The van der Waals surface area contributed by atoms with Crippen molar-refractivity contribution in [3.63, 3.8) is 0 Å². The number of hydrogen-bond donors (Lipinski definition) is 1. The number of rotatable bonds is 5. The fourth-order valence-electron chi connectivity index (χ4n) is 1.71. The van der Waals surface area contributed by atoms with Gasteiger partial charge in [0, 0.05) is 31.0 Å². The minimum Gasteiger partial charge on any atom is -0.481 e. The van der Waals surface area contributed by atoms with Gasteiger partial charge in [-0.15, -0.1) is 0 Å². The lowest BCUT2D eigenvalue weighted by atomic mass is 10.1. The molecule has 1 fully saturated rings. The number of carbonyl (C=O) groups excluding carboxylic acids is 1. The van der Waals surface area contributed by atoms with Crippen molar-refractivity contribution in [2.75, 3.05) is 19.6 Å². The second kappa shape index (κ2) is 5.37. The van der Waals surface area contributed by atoms with Crippen LogP contribution in [0.25, 0.3) is 10.4 Å². The summed E-state index contributed by atoms with van der Waals surface area (Å²) in [6.45, 7) is 2.56. The lowest BCUT2D eigenvalue weighted by molar-refractivity contribution is -0.142. The van der Waals surface area contributed by atoms with Gasteiger partial charge in [0.1, 0.15) is 0 Å². The van der Waals surface area contributed by atoms with E-state index in [4.69, 9.17) is 10.6 Å². The molecular weight excluding hydrogens is 212 g/mol. The first kappa shape index (κ1) is 12.3. The van der Waals surface area contributed by atoms with Crippen LogP contribution in [0.2, 0.25) is 0 Å². The summed E-state index contributed by atoms with van der Waals surface area (Å²) in [6, 6.07) is 0. The van der Waals surface area contributed by atoms with Gasteiger partial charge in [-0.1, -0.05) is 12.0 Å². The van der Waals surface area contributed by atoms with Crippen LogP contribution in [0.4, 0.5) is 0 Å². The Morgan fingerprint density at radius 2 is 2.50 bits per heavy atom. The zero-order chi connectivity index (χ0) is 12.1. The molecule has 7 nitrogen and oxygen atoms in total. The van der Waals surface area contributed by atoms with Crippen molar-refractivity contribution in [1.82, 2.24) is 4.90 Å². The van der Waals surface area contributed by atoms with E-state index in [1.165, 1.54) is 4.90 Å². The molecule has 0 saturated carbocycles. The fourth-order valence-corrected chi connectivity index (χ4v) is 1.71. The van der Waals surface area contributed by atoms with Crippen molar-refractivity contribution < 1.29 is 14.7 Å². The topological polar surface area (TPSA) is 106 Å². The van der Waals surface area contributed by atoms with Gasteiger partial charge in [-0.25, -0.2) is 0 Å². The number of nitrogens with zero attached hydrogens (tertiary/aromatic N) is 4. The first-order chi connectivity index (χ1) is 7.54. The van der Waals surface area contributed by atoms with Gasteiger partial charge in [0.05, 0.1) is 5.92 Å². The standard InChI is InChI=1S/C9H14N4O3/c1-6(9(15)16)4-13-5-7(2-8(13)14)3-11-12-10/h6-7H,2-5H2,1H3,(H,15,16). The second-order valence-electron chi connectivity index (χ2n) is 4.02. The number of likely N-dealkylation sites (tertiary alicyclic amines) is 1. The summed E-state index contributed by atoms with van der Waals surface area (Å²) in [6.07, 6.45) is 0.339. The molecule has 16 heavy (non-hydrogen) atoms. The van der Waals surface area contributed by atoms with Crippen molar-refractivity contribution in [2.24, 2.45) is 17.0 Å². The maximum atomic E-state index is 11.5. The van der Waals surface area contributed by atoms with Gasteiger partial charge in [0.25, 0.3) is 0 Å². The molecule has 0 aromatic rings. The van der Waals surface area contributed by atoms with Crippen molar-refractivity contribution in [2.45, 2.75) is 13.3 Å². The highest BCUT2D eigenvalue weighted by atomic mass is 16.4. The molecular formula is C9H14N4O3. The molecule has 1 N–H and O–H groups in total. The summed E-state index contributed by atoms with van der Waals surface area (Å²) in [7, 11) is 0. The van der Waals surface area contributed by atoms with Crippen LogP contribution in [0.1, 0.15) is 13.3 Å². The number of aliphatic carboxylic acids is 1. The Hall–Kier alpha value is -1.75. The van der Waals surface area contributed by atoms with Crippen molar-refractivity contribution in [3.05, 3.63) is 10.4 Å². The minimum atomic E-state index is -0.911. The first-order valence-corrected chi connectivity index (χ1v) is 5.06. The average molecular weight is 226 g/mol. The Labute approximate surface area is 92.7 Å². The molecule has 1 saturated heterocycles. The number of amides is 1. The zero-order valence-corrected chi connectivity index (χ0v) is 9.04. The number of carboxylic acids is 1. The fraction of sp³-hybridized carbons (Fsp3) is 0.778. The molecule has 1 rings (SSSR count). The highest BCUT2D eigenvalue weighted by Gasteiger charge is 2.30. The smallest absolute Gasteiger partial charge is 0.308 e. The SMILES string of the molecule is CC(CN1CC(CN=[N+]=[N-])CC1=O)C(=O)O. The molecule has 7 heteroatoms. The number of carboxylic acid groups (broad SMARTS) is 1. The molecule has 2 unspecified atom stereocenters. The van der Waals surface area contributed by atoms with Gasteiger partial charge in [-0.2, -0.15) is 0 Å². The molecule has 1 aliphatic heterocycles. The highest BCUT2D eigenvalue weighted by Crippen LogP contribution is 2.19. The Balaban J connectivity index is 2.48. The minimum absolute atomic E-state index is 0.0180. The summed E-state index contributed by atoms with van der Waals surface area (Å²) in [4.78, 5) is 26.3. The third kappa shape index (κ3) is 3.13. The van der Waals surface area contributed by atoms with E-state index in [9.17, 15) is 9.59 Å². The van der Waals surface area contributed by atoms with Gasteiger partial charge >= 0.3 is 5.97 Å². The normalized spacial score (nSPS) is 21.7. The third-order valence-corrected chi connectivity index (χ3v) is 2.61. The predicted octanol–water partition coefficient (Wildman–Crippen LogP) is 0.866. The molecule has 0 aromatic carbocycles. The van der Waals surface area contributed by atoms with Crippen LogP contribution in [-0.2, 0) is 9.59 Å². The maximum Gasteiger partial charge on any atom is 0.308 e. The molecule has 1 heterocycles. The summed E-state index contributed by atoms with van der Waals surface area (Å²) in [5.41, 5.74) is 8.16. The van der Waals surface area contributed by atoms with Crippen LogP contribution >= 0.6 is 0 Å². The molecule has 0 bridgehead atoms. The molecule has 0 aromatic heterocycles. The Kier molecular flexibility index (Phi) is 4.13. The summed E-state index contributed by atoms with van der Waals surface area (Å²) >= 11 is 0. The largest absolute Gasteiger partial charge is 0.481 e. The van der Waals surface area contributed by atoms with E-state index in [1.807, 2.05) is 0 Å². The van der Waals surface area contributed by atoms with Crippen LogP contribution in [-0.4, -0.2) is 41.5 Å². The summed E-state index contributed by atoms with van der Waals surface area (Å²) in [5, 5.41) is 12.2. The lowest BCUT2D eigenvalue weighted by Crippen LogP contribution is -2.33. The Morgan fingerprint density at radius 1 is 1.81 bits per heavy atom. The van der Waals surface area contributed by atoms with Gasteiger partial charge < -0.3 is 10.0 Å². The highest BCUT2D eigenvalue weighted by molar-refractivity contribution is 5.79. The van der Waals surface area contributed by atoms with Crippen molar-refractivity contribution in [1.29, 1.82) is 0 Å². The van der Waals surface area contributed by atoms with Crippen LogP contribution in [0, 0.1) is 11.8 Å². The molecule has 1 aliphatic rings. The monoisotopic (exact) mass is 226 g/mol. The quantitative estimate of drug-likeness (QED) is 0.427. The van der Waals surface area contributed by atoms with E-state index >= 15 is 0 Å². The number of carbonyl (C=O) groups is 2. The molecule has 2 atom stereocenters. The Bertz CT molecular complexity index is 338. The summed E-state index contributed by atoms with van der Waals surface area (Å²) < 4.78 is 0. The van der Waals surface area contributed by atoms with Crippen LogP contribution in [0.15, 0.2) is 5.11 Å². The van der Waals surface area contributed by atoms with Gasteiger partial charge in [0.2, 0.25) is 5.91 Å². The van der Waals surface area contributed by atoms with E-state index < -0.39 is 11.9 Å². The zero-order valence-electron chi connectivity index (χ0n) is 9.04. The van der Waals surface area contributed by atoms with Gasteiger partial charge in [0.15, 0.2) is 0 Å².